The third-order valence-corrected chi connectivity index (χ3v) is 6.96. The number of hydrogen-bond donors (Lipinski definition) is 2. The predicted molar refractivity (Wildman–Crippen MR) is 139 cm³/mol. The van der Waals surface area contributed by atoms with Crippen LogP contribution >= 0.6 is 11.3 Å². The van der Waals surface area contributed by atoms with Crippen LogP contribution in [0.3, 0.4) is 0 Å². The molecule has 0 bridgehead atoms. The summed E-state index contributed by atoms with van der Waals surface area (Å²) in [5, 5.41) is 10.5. The third-order valence-electron chi connectivity index (χ3n) is 5.88. The first-order chi connectivity index (χ1) is 18.2. The van der Waals surface area contributed by atoms with E-state index in [1.165, 1.54) is 40.3 Å². The molecule has 196 valence electrons. The lowest BCUT2D eigenvalue weighted by Crippen LogP contribution is -2.38. The Bertz CT molecular complexity index is 1470. The Morgan fingerprint density at radius 1 is 1.00 bits per heavy atom. The fourth-order valence-corrected chi connectivity index (χ4v) is 5.03. The zero-order chi connectivity index (χ0) is 26.8. The van der Waals surface area contributed by atoms with E-state index in [0.717, 1.165) is 10.6 Å². The molecular formula is C26H25F2N7O2S. The highest BCUT2D eigenvalue weighted by molar-refractivity contribution is 7.15. The van der Waals surface area contributed by atoms with Gasteiger partial charge in [0.05, 0.1) is 12.2 Å². The van der Waals surface area contributed by atoms with Crippen molar-refractivity contribution in [1.29, 1.82) is 0 Å². The maximum Gasteiger partial charge on any atom is 0.321 e. The van der Waals surface area contributed by atoms with Gasteiger partial charge in [0.15, 0.2) is 16.8 Å². The van der Waals surface area contributed by atoms with Crippen LogP contribution in [-0.4, -0.2) is 49.2 Å². The molecule has 38 heavy (non-hydrogen) atoms. The number of nitrogens with zero attached hydrogens (tertiary/aromatic N) is 5. The van der Waals surface area contributed by atoms with Gasteiger partial charge in [-0.3, -0.25) is 10.1 Å². The van der Waals surface area contributed by atoms with Crippen molar-refractivity contribution in [2.75, 3.05) is 11.9 Å². The normalized spacial score (nSPS) is 12.9. The summed E-state index contributed by atoms with van der Waals surface area (Å²) in [6.45, 7) is 4.45. The van der Waals surface area contributed by atoms with Crippen LogP contribution in [-0.2, 0) is 24.3 Å². The summed E-state index contributed by atoms with van der Waals surface area (Å²) in [7, 11) is 0. The standard InChI is InChI=1S/C26H25F2N7O2S/c1-15(2)29-25(37)32-26-30-20-13-34(12-11-21(20)38-26)22(36)14-35-24(17-5-9-19(28)10-6-17)31-23(33-35)16-3-7-18(27)8-4-16/h3-10,15H,11-14H2,1-2H3,(H2,29,30,32,37). The number of fused-ring (bicyclic) bond motifs is 1. The van der Waals surface area contributed by atoms with E-state index in [2.05, 4.69) is 25.7 Å². The van der Waals surface area contributed by atoms with Gasteiger partial charge in [0.1, 0.15) is 18.2 Å². The molecule has 0 saturated carbocycles. The summed E-state index contributed by atoms with van der Waals surface area (Å²) in [6, 6.07) is 11.2. The van der Waals surface area contributed by atoms with Gasteiger partial charge in [-0.2, -0.15) is 0 Å². The zero-order valence-corrected chi connectivity index (χ0v) is 21.6. The minimum absolute atomic E-state index is 0.00198. The second kappa shape index (κ2) is 10.7. The molecule has 12 heteroatoms. The molecule has 4 aromatic rings. The van der Waals surface area contributed by atoms with Crippen LogP contribution in [0.25, 0.3) is 22.8 Å². The molecular weight excluding hydrogens is 512 g/mol. The van der Waals surface area contributed by atoms with E-state index in [1.54, 1.807) is 29.2 Å². The van der Waals surface area contributed by atoms with Crippen molar-refractivity contribution in [3.8, 4) is 22.8 Å². The van der Waals surface area contributed by atoms with Gasteiger partial charge < -0.3 is 10.2 Å². The largest absolute Gasteiger partial charge is 0.336 e. The maximum absolute atomic E-state index is 13.5. The first-order valence-electron chi connectivity index (χ1n) is 12.1. The molecule has 3 heterocycles. The van der Waals surface area contributed by atoms with E-state index in [9.17, 15) is 18.4 Å². The molecule has 2 N–H and O–H groups in total. The van der Waals surface area contributed by atoms with Crippen molar-refractivity contribution in [1.82, 2.24) is 30.0 Å². The van der Waals surface area contributed by atoms with Gasteiger partial charge in [-0.1, -0.05) is 0 Å². The number of aromatic nitrogens is 4. The number of anilines is 1. The fourth-order valence-electron chi connectivity index (χ4n) is 4.07. The van der Waals surface area contributed by atoms with Gasteiger partial charge >= 0.3 is 6.03 Å². The Morgan fingerprint density at radius 2 is 1.66 bits per heavy atom. The molecule has 1 aliphatic rings. The average molecular weight is 538 g/mol. The molecule has 0 unspecified atom stereocenters. The van der Waals surface area contributed by atoms with Crippen LogP contribution in [0, 0.1) is 11.6 Å². The van der Waals surface area contributed by atoms with Crippen LogP contribution in [0.2, 0.25) is 0 Å². The summed E-state index contributed by atoms with van der Waals surface area (Å²) >= 11 is 1.41. The Balaban J connectivity index is 1.35. The summed E-state index contributed by atoms with van der Waals surface area (Å²) in [5.41, 5.74) is 1.93. The van der Waals surface area contributed by atoms with Crippen molar-refractivity contribution in [2.45, 2.75) is 39.4 Å². The van der Waals surface area contributed by atoms with Crippen molar-refractivity contribution >= 4 is 28.4 Å². The number of amides is 3. The topological polar surface area (TPSA) is 105 Å². The Labute approximate surface area is 221 Å². The predicted octanol–water partition coefficient (Wildman–Crippen LogP) is 4.46. The summed E-state index contributed by atoms with van der Waals surface area (Å²) in [4.78, 5) is 37.2. The monoisotopic (exact) mass is 537 g/mol. The van der Waals surface area contributed by atoms with Gasteiger partial charge in [-0.05, 0) is 62.4 Å². The van der Waals surface area contributed by atoms with E-state index < -0.39 is 5.82 Å². The van der Waals surface area contributed by atoms with E-state index in [4.69, 9.17) is 0 Å². The number of benzene rings is 2. The van der Waals surface area contributed by atoms with Crippen LogP contribution in [0.15, 0.2) is 48.5 Å². The smallest absolute Gasteiger partial charge is 0.321 e. The molecule has 0 spiro atoms. The Morgan fingerprint density at radius 3 is 2.32 bits per heavy atom. The Hall–Kier alpha value is -4.19. The lowest BCUT2D eigenvalue weighted by Gasteiger charge is -2.26. The van der Waals surface area contributed by atoms with Crippen molar-refractivity contribution in [2.24, 2.45) is 0 Å². The van der Waals surface area contributed by atoms with Crippen LogP contribution < -0.4 is 10.6 Å². The SMILES string of the molecule is CC(C)NC(=O)Nc1nc2c(s1)CCN(C(=O)Cn1nc(-c3ccc(F)cc3)nc1-c1ccc(F)cc1)C2. The zero-order valence-electron chi connectivity index (χ0n) is 20.7. The van der Waals surface area contributed by atoms with Gasteiger partial charge in [-0.25, -0.2) is 28.2 Å². The second-order valence-corrected chi connectivity index (χ2v) is 10.2. The molecule has 0 fully saturated rings. The summed E-state index contributed by atoms with van der Waals surface area (Å²) in [5.74, 6) is -0.237. The molecule has 2 aromatic heterocycles. The van der Waals surface area contributed by atoms with E-state index in [1.807, 2.05) is 13.8 Å². The first kappa shape index (κ1) is 25.5. The molecule has 5 rings (SSSR count). The van der Waals surface area contributed by atoms with Gasteiger partial charge in [-0.15, -0.1) is 16.4 Å². The first-order valence-corrected chi connectivity index (χ1v) is 12.9. The maximum atomic E-state index is 13.5. The average Bonchev–Trinajstić information content (AvgIpc) is 3.47. The highest BCUT2D eigenvalue weighted by atomic mass is 32.1. The molecule has 0 aliphatic carbocycles. The lowest BCUT2D eigenvalue weighted by molar-refractivity contribution is -0.133. The van der Waals surface area contributed by atoms with E-state index >= 15 is 0 Å². The number of urea groups is 1. The molecule has 9 nitrogen and oxygen atoms in total. The van der Waals surface area contributed by atoms with Crippen LogP contribution in [0.1, 0.15) is 24.4 Å². The van der Waals surface area contributed by atoms with E-state index in [-0.39, 0.29) is 30.3 Å². The highest BCUT2D eigenvalue weighted by Crippen LogP contribution is 2.29. The lowest BCUT2D eigenvalue weighted by atomic mass is 10.2. The molecule has 2 aromatic carbocycles. The van der Waals surface area contributed by atoms with Crippen LogP contribution in [0.4, 0.5) is 18.7 Å². The van der Waals surface area contributed by atoms with Crippen molar-refractivity contribution in [3.63, 3.8) is 0 Å². The van der Waals surface area contributed by atoms with E-state index in [0.29, 0.717) is 47.4 Å². The number of halogens is 2. The van der Waals surface area contributed by atoms with Gasteiger partial charge in [0.2, 0.25) is 5.91 Å². The van der Waals surface area contributed by atoms with Crippen molar-refractivity contribution < 1.29 is 18.4 Å². The molecule has 0 saturated heterocycles. The number of thiazole rings is 1. The number of hydrogen-bond acceptors (Lipinski definition) is 6. The second-order valence-electron chi connectivity index (χ2n) is 9.14. The molecule has 0 radical (unpaired) electrons. The highest BCUT2D eigenvalue weighted by Gasteiger charge is 2.26. The number of rotatable bonds is 6. The van der Waals surface area contributed by atoms with Crippen LogP contribution in [0.5, 0.6) is 0 Å². The number of nitrogens with one attached hydrogen (secondary N) is 2. The quantitative estimate of drug-likeness (QED) is 0.378. The molecule has 1 aliphatic heterocycles. The number of carbonyl (C=O) groups excluding carboxylic acids is 2. The minimum atomic E-state index is -0.391. The molecule has 0 atom stereocenters. The molecule has 3 amide bonds. The number of carbonyl (C=O) groups is 2. The fraction of sp³-hybridized carbons (Fsp3) is 0.269. The van der Waals surface area contributed by atoms with Gasteiger partial charge in [0, 0.05) is 35.0 Å². The summed E-state index contributed by atoms with van der Waals surface area (Å²) in [6.07, 6.45) is 0.620. The Kier molecular flexibility index (Phi) is 7.14. The third kappa shape index (κ3) is 5.70. The minimum Gasteiger partial charge on any atom is -0.336 e. The van der Waals surface area contributed by atoms with Gasteiger partial charge in [0.25, 0.3) is 0 Å². The summed E-state index contributed by atoms with van der Waals surface area (Å²) < 4.78 is 28.4. The van der Waals surface area contributed by atoms with Crippen molar-refractivity contribution in [3.05, 3.63) is 70.7 Å².